The average Bonchev–Trinajstić information content (AvgIpc) is 2.43. The van der Waals surface area contributed by atoms with Gasteiger partial charge in [0.1, 0.15) is 0 Å². The van der Waals surface area contributed by atoms with Gasteiger partial charge in [0, 0.05) is 22.0 Å². The molecule has 120 valence electrons. The highest BCUT2D eigenvalue weighted by Crippen LogP contribution is 1.86. The van der Waals surface area contributed by atoms with E-state index in [1.54, 1.807) is 0 Å². The van der Waals surface area contributed by atoms with Crippen LogP contribution < -0.4 is 10.6 Å². The second-order valence-electron chi connectivity index (χ2n) is 4.45. The van der Waals surface area contributed by atoms with E-state index in [4.69, 9.17) is 14.2 Å². The summed E-state index contributed by atoms with van der Waals surface area (Å²) in [7, 11) is 0. The zero-order valence-electron chi connectivity index (χ0n) is 12.9. The number of likely N-dealkylation sites (N-methyl/N-ethyl adjacent to an activating group) is 1. The van der Waals surface area contributed by atoms with E-state index < -0.39 is 0 Å². The molecule has 0 aromatic heterocycles. The fourth-order valence-electron chi connectivity index (χ4n) is 1.38. The van der Waals surface area contributed by atoms with Gasteiger partial charge in [0.15, 0.2) is 0 Å². The van der Waals surface area contributed by atoms with Crippen molar-refractivity contribution in [3.8, 4) is 0 Å². The SMILES string of the molecule is CCNCCOCCOCCOCCNC(C)CC.[HH].[HH]. The molecule has 0 aromatic rings. The lowest BCUT2D eigenvalue weighted by Crippen LogP contribution is -2.29. The van der Waals surface area contributed by atoms with Crippen LogP contribution in [0.15, 0.2) is 0 Å². The van der Waals surface area contributed by atoms with Gasteiger partial charge in [0.05, 0.1) is 39.6 Å². The van der Waals surface area contributed by atoms with E-state index in [1.807, 2.05) is 0 Å². The summed E-state index contributed by atoms with van der Waals surface area (Å²) in [6, 6.07) is 0.569. The molecule has 0 aliphatic carbocycles. The van der Waals surface area contributed by atoms with Crippen LogP contribution in [0, 0.1) is 0 Å². The van der Waals surface area contributed by atoms with Crippen molar-refractivity contribution in [2.75, 3.05) is 59.3 Å². The van der Waals surface area contributed by atoms with Crippen molar-refractivity contribution in [3.05, 3.63) is 0 Å². The highest BCUT2D eigenvalue weighted by atomic mass is 16.5. The number of rotatable bonds is 15. The van der Waals surface area contributed by atoms with E-state index in [-0.39, 0.29) is 2.85 Å². The normalized spacial score (nSPS) is 12.8. The molecule has 0 spiro atoms. The maximum absolute atomic E-state index is 5.45. The van der Waals surface area contributed by atoms with Gasteiger partial charge >= 0.3 is 0 Å². The minimum Gasteiger partial charge on any atom is -0.378 e. The Morgan fingerprint density at radius 2 is 1.37 bits per heavy atom. The number of nitrogens with one attached hydrogen (secondary N) is 2. The summed E-state index contributed by atoms with van der Waals surface area (Å²) < 4.78 is 16.2. The predicted molar refractivity (Wildman–Crippen MR) is 83.0 cm³/mol. The molecule has 1 unspecified atom stereocenters. The maximum Gasteiger partial charge on any atom is 0.0701 e. The number of hydrogen-bond donors (Lipinski definition) is 2. The molecule has 5 nitrogen and oxygen atoms in total. The summed E-state index contributed by atoms with van der Waals surface area (Å²) in [6.45, 7) is 13.3. The van der Waals surface area contributed by atoms with Crippen LogP contribution in [0.3, 0.4) is 0 Å². The molecule has 1 atom stereocenters. The quantitative estimate of drug-likeness (QED) is 0.446. The fourth-order valence-corrected chi connectivity index (χ4v) is 1.38. The molecule has 0 radical (unpaired) electrons. The minimum atomic E-state index is 0. The Hall–Kier alpha value is -0.200. The zero-order valence-corrected chi connectivity index (χ0v) is 12.9. The first-order valence-corrected chi connectivity index (χ1v) is 7.48. The van der Waals surface area contributed by atoms with Crippen molar-refractivity contribution < 1.29 is 17.1 Å². The number of hydrogen-bond acceptors (Lipinski definition) is 5. The van der Waals surface area contributed by atoms with Crippen LogP contribution in [0.25, 0.3) is 0 Å². The lowest BCUT2D eigenvalue weighted by Gasteiger charge is -2.11. The van der Waals surface area contributed by atoms with Gasteiger partial charge in [-0.2, -0.15) is 0 Å². The van der Waals surface area contributed by atoms with Crippen molar-refractivity contribution in [1.29, 1.82) is 0 Å². The van der Waals surface area contributed by atoms with Crippen molar-refractivity contribution in [3.63, 3.8) is 0 Å². The second-order valence-corrected chi connectivity index (χ2v) is 4.45. The molecule has 0 saturated heterocycles. The molecule has 0 aromatic carbocycles. The van der Waals surface area contributed by atoms with Crippen LogP contribution >= 0.6 is 0 Å². The summed E-state index contributed by atoms with van der Waals surface area (Å²) in [5.41, 5.74) is 0. The molecule has 0 aliphatic heterocycles. The smallest absolute Gasteiger partial charge is 0.0701 e. The summed E-state index contributed by atoms with van der Waals surface area (Å²) in [4.78, 5) is 0. The standard InChI is InChI=1S/C14H32N2O3.2H2/c1-4-14(3)16-7-9-18-11-13-19-12-10-17-8-6-15-5-2;;/h14-16H,4-13H2,1-3H3;2*1H. The van der Waals surface area contributed by atoms with Gasteiger partial charge in [-0.15, -0.1) is 0 Å². The van der Waals surface area contributed by atoms with Gasteiger partial charge in [0.2, 0.25) is 0 Å². The van der Waals surface area contributed by atoms with E-state index in [0.717, 1.165) is 39.3 Å². The third-order valence-corrected chi connectivity index (χ3v) is 2.77. The van der Waals surface area contributed by atoms with E-state index in [0.29, 0.717) is 32.5 Å². The van der Waals surface area contributed by atoms with Crippen LogP contribution in [0.5, 0.6) is 0 Å². The Labute approximate surface area is 121 Å². The average molecular weight is 280 g/mol. The number of ether oxygens (including phenoxy) is 3. The Bertz CT molecular complexity index is 180. The molecule has 0 heterocycles. The largest absolute Gasteiger partial charge is 0.378 e. The lowest BCUT2D eigenvalue weighted by molar-refractivity contribution is 0.0155. The van der Waals surface area contributed by atoms with E-state index in [1.165, 1.54) is 0 Å². The summed E-state index contributed by atoms with van der Waals surface area (Å²) >= 11 is 0. The third kappa shape index (κ3) is 15.7. The maximum atomic E-state index is 5.45. The third-order valence-electron chi connectivity index (χ3n) is 2.77. The van der Waals surface area contributed by atoms with Gasteiger partial charge in [-0.1, -0.05) is 13.8 Å². The first-order chi connectivity index (χ1) is 9.31. The van der Waals surface area contributed by atoms with Crippen molar-refractivity contribution in [1.82, 2.24) is 10.6 Å². The van der Waals surface area contributed by atoms with Gasteiger partial charge in [-0.3, -0.25) is 0 Å². The molecule has 2 N–H and O–H groups in total. The molecular weight excluding hydrogens is 244 g/mol. The molecule has 0 bridgehead atoms. The first kappa shape index (κ1) is 18.8. The molecule has 0 fully saturated rings. The topological polar surface area (TPSA) is 51.8 Å². The van der Waals surface area contributed by atoms with Crippen LogP contribution in [-0.2, 0) is 14.2 Å². The summed E-state index contributed by atoms with van der Waals surface area (Å²) in [6.07, 6.45) is 1.15. The predicted octanol–water partition coefficient (Wildman–Crippen LogP) is 1.53. The van der Waals surface area contributed by atoms with Gasteiger partial charge < -0.3 is 24.8 Å². The summed E-state index contributed by atoms with van der Waals surface area (Å²) in [5.74, 6) is 0. The lowest BCUT2D eigenvalue weighted by atomic mass is 10.3. The molecule has 0 amide bonds. The van der Waals surface area contributed by atoms with E-state index >= 15 is 0 Å². The van der Waals surface area contributed by atoms with Crippen LogP contribution in [-0.4, -0.2) is 65.3 Å². The van der Waals surface area contributed by atoms with E-state index in [9.17, 15) is 0 Å². The summed E-state index contributed by atoms with van der Waals surface area (Å²) in [5, 5.41) is 6.58. The van der Waals surface area contributed by atoms with Gasteiger partial charge in [-0.25, -0.2) is 0 Å². The molecule has 19 heavy (non-hydrogen) atoms. The minimum absolute atomic E-state index is 0. The Kier molecular flexibility index (Phi) is 15.7. The highest BCUT2D eigenvalue weighted by Gasteiger charge is 1.96. The van der Waals surface area contributed by atoms with Crippen molar-refractivity contribution in [2.45, 2.75) is 33.2 Å². The second kappa shape index (κ2) is 15.9. The van der Waals surface area contributed by atoms with Gasteiger partial charge in [-0.05, 0) is 19.9 Å². The molecule has 5 heteroatoms. The first-order valence-electron chi connectivity index (χ1n) is 7.48. The fraction of sp³-hybridized carbons (Fsp3) is 1.00. The monoisotopic (exact) mass is 280 g/mol. The highest BCUT2D eigenvalue weighted by molar-refractivity contribution is 4.56. The van der Waals surface area contributed by atoms with E-state index in [2.05, 4.69) is 31.4 Å². The van der Waals surface area contributed by atoms with Crippen molar-refractivity contribution >= 4 is 0 Å². The van der Waals surface area contributed by atoms with Crippen molar-refractivity contribution in [2.24, 2.45) is 0 Å². The van der Waals surface area contributed by atoms with Gasteiger partial charge in [0.25, 0.3) is 0 Å². The Morgan fingerprint density at radius 3 is 1.89 bits per heavy atom. The van der Waals surface area contributed by atoms with Crippen LogP contribution in [0.2, 0.25) is 0 Å². The Morgan fingerprint density at radius 1 is 0.842 bits per heavy atom. The Balaban J connectivity index is -0.00000162. The zero-order chi connectivity index (χ0) is 14.2. The molecule has 0 aliphatic rings. The molecule has 0 rings (SSSR count). The molecule has 0 saturated carbocycles. The molecular formula is C14H36N2O3. The van der Waals surface area contributed by atoms with Crippen LogP contribution in [0.4, 0.5) is 0 Å². The van der Waals surface area contributed by atoms with Crippen LogP contribution in [0.1, 0.15) is 30.0 Å².